The Morgan fingerprint density at radius 3 is 3.11 bits per heavy atom. The quantitative estimate of drug-likeness (QED) is 0.418. The van der Waals surface area contributed by atoms with Gasteiger partial charge in [-0.15, -0.1) is 0 Å². The number of nitrogens with two attached hydrogens (primary N) is 1. The smallest absolute Gasteiger partial charge is 0.350 e. The predicted molar refractivity (Wildman–Crippen MR) is 64.1 cm³/mol. The summed E-state index contributed by atoms with van der Waals surface area (Å²) >= 11 is 0. The van der Waals surface area contributed by atoms with Crippen molar-refractivity contribution in [2.75, 3.05) is 18.3 Å². The molecule has 100 valence electrons. The Morgan fingerprint density at radius 1 is 1.61 bits per heavy atom. The fourth-order valence-electron chi connectivity index (χ4n) is 1.54. The Hall–Kier alpha value is -1.25. The Labute approximate surface area is 103 Å². The van der Waals surface area contributed by atoms with Crippen LogP contribution in [-0.4, -0.2) is 38.6 Å². The molecule has 0 spiro atoms. The number of hydrogen-bond acceptors (Lipinski definition) is 6. The fraction of sp³-hybridized carbons (Fsp3) is 0.500. The highest BCUT2D eigenvalue weighted by Gasteiger charge is 2.19. The maximum atomic E-state index is 10.6. The van der Waals surface area contributed by atoms with Gasteiger partial charge in [-0.25, -0.2) is 4.98 Å². The van der Waals surface area contributed by atoms with Gasteiger partial charge in [-0.2, -0.15) is 0 Å². The van der Waals surface area contributed by atoms with Gasteiger partial charge in [-0.3, -0.25) is 9.56 Å². The van der Waals surface area contributed by atoms with Crippen LogP contribution in [0.15, 0.2) is 11.3 Å². The molecule has 0 aromatic carbocycles. The van der Waals surface area contributed by atoms with Crippen molar-refractivity contribution in [1.29, 1.82) is 0 Å². The fourth-order valence-corrected chi connectivity index (χ4v) is 1.90. The molecule has 1 unspecified atom stereocenters. The van der Waals surface area contributed by atoms with Crippen LogP contribution in [0.2, 0.25) is 0 Å². The topological polar surface area (TPSA) is 135 Å². The van der Waals surface area contributed by atoms with Crippen molar-refractivity contribution < 1.29 is 19.1 Å². The lowest BCUT2D eigenvalue weighted by Gasteiger charge is -2.15. The van der Waals surface area contributed by atoms with Gasteiger partial charge in [0.25, 0.3) is 0 Å². The third-order valence-electron chi connectivity index (χ3n) is 2.32. The molecule has 1 aromatic rings. The molecular formula is C8H14N5O4P. The van der Waals surface area contributed by atoms with E-state index in [1.165, 1.54) is 6.34 Å². The summed E-state index contributed by atoms with van der Waals surface area (Å²) in [7, 11) is -4.11. The maximum absolute atomic E-state index is 10.6. The molecule has 5 N–H and O–H groups in total. The molecule has 9 nitrogen and oxygen atoms in total. The minimum Gasteiger partial charge on any atom is -0.367 e. The Kier molecular flexibility index (Phi) is 3.79. The second-order valence-electron chi connectivity index (χ2n) is 3.74. The van der Waals surface area contributed by atoms with Crippen molar-refractivity contribution in [3.8, 4) is 0 Å². The minimum atomic E-state index is -4.11. The van der Waals surface area contributed by atoms with Crippen LogP contribution in [-0.2, 0) is 15.8 Å². The second kappa shape index (κ2) is 5.17. The number of aromatic nitrogens is 2. The summed E-state index contributed by atoms with van der Waals surface area (Å²) < 4.78 is 17.2. The molecule has 18 heavy (non-hydrogen) atoms. The van der Waals surface area contributed by atoms with Crippen LogP contribution in [0.1, 0.15) is 11.9 Å². The first-order valence-corrected chi connectivity index (χ1v) is 6.98. The van der Waals surface area contributed by atoms with Gasteiger partial charge in [-0.1, -0.05) is 0 Å². The van der Waals surface area contributed by atoms with Gasteiger partial charge in [0.1, 0.15) is 24.0 Å². The zero-order valence-electron chi connectivity index (χ0n) is 9.43. The van der Waals surface area contributed by atoms with Crippen molar-refractivity contribution in [2.45, 2.75) is 12.7 Å². The van der Waals surface area contributed by atoms with E-state index in [2.05, 4.69) is 15.3 Å². The van der Waals surface area contributed by atoms with E-state index < -0.39 is 20.1 Å². The van der Waals surface area contributed by atoms with Crippen molar-refractivity contribution >= 4 is 19.8 Å². The van der Waals surface area contributed by atoms with Crippen LogP contribution in [0, 0.1) is 0 Å². The van der Waals surface area contributed by atoms with Crippen molar-refractivity contribution in [2.24, 2.45) is 10.7 Å². The Bertz CT molecular complexity index is 496. The first kappa shape index (κ1) is 13.2. The van der Waals surface area contributed by atoms with E-state index in [0.29, 0.717) is 12.2 Å². The third kappa shape index (κ3) is 3.15. The van der Waals surface area contributed by atoms with Gasteiger partial charge in [0.05, 0.1) is 19.3 Å². The number of nitrogens with zero attached hydrogens (tertiary/aromatic N) is 3. The summed E-state index contributed by atoms with van der Waals surface area (Å²) in [5.41, 5.74) is 6.36. The molecule has 0 bridgehead atoms. The summed E-state index contributed by atoms with van der Waals surface area (Å²) in [6, 6.07) is 0. The number of nitrogens with one attached hydrogen (secondary N) is 1. The molecule has 0 fully saturated rings. The van der Waals surface area contributed by atoms with Crippen LogP contribution in [0.4, 0.5) is 5.82 Å². The zero-order valence-corrected chi connectivity index (χ0v) is 10.3. The van der Waals surface area contributed by atoms with E-state index in [1.54, 1.807) is 10.9 Å². The third-order valence-corrected chi connectivity index (χ3v) is 2.84. The highest BCUT2D eigenvalue weighted by atomic mass is 31.2. The van der Waals surface area contributed by atoms with E-state index in [9.17, 15) is 4.57 Å². The van der Waals surface area contributed by atoms with Gasteiger partial charge in [0.15, 0.2) is 0 Å². The molecule has 0 amide bonds. The molecule has 0 radical (unpaired) electrons. The van der Waals surface area contributed by atoms with Crippen LogP contribution in [0.5, 0.6) is 0 Å². The second-order valence-corrected chi connectivity index (χ2v) is 5.33. The summed E-state index contributed by atoms with van der Waals surface area (Å²) in [5.74, 6) is 0.720. The number of fused-ring (bicyclic) bond motifs is 1. The lowest BCUT2D eigenvalue weighted by molar-refractivity contribution is 0.149. The molecule has 2 heterocycles. The van der Waals surface area contributed by atoms with Crippen molar-refractivity contribution in [3.05, 3.63) is 12.0 Å². The standard InChI is InChI=1S/C8H14N5O4P/c9-7-6-8(11-3-10-7)13(4-12-6)1-2-17-5-18(14,15)16/h3-4,7H,1-2,5,9H2,(H,10,11)(H2,14,15,16). The molecule has 0 saturated heterocycles. The highest BCUT2D eigenvalue weighted by molar-refractivity contribution is 7.51. The molecule has 2 rings (SSSR count). The largest absolute Gasteiger partial charge is 0.367 e. The number of ether oxygens (including phenoxy) is 1. The summed E-state index contributed by atoms with van der Waals surface area (Å²) in [4.78, 5) is 25.3. The number of anilines is 1. The summed E-state index contributed by atoms with van der Waals surface area (Å²) in [5, 5.41) is 2.92. The Balaban J connectivity index is 1.90. The SMILES string of the molecule is NC1N=CNc2c1ncn2CCOCP(=O)(O)O. The number of imidazole rings is 1. The molecule has 0 saturated carbocycles. The lowest BCUT2D eigenvalue weighted by Crippen LogP contribution is -2.19. The number of hydrogen-bond donors (Lipinski definition) is 4. The lowest BCUT2D eigenvalue weighted by atomic mass is 10.3. The van der Waals surface area contributed by atoms with E-state index >= 15 is 0 Å². The molecule has 0 aliphatic carbocycles. The first-order chi connectivity index (χ1) is 8.47. The number of rotatable bonds is 5. The summed E-state index contributed by atoms with van der Waals surface area (Å²) in [6.45, 7) is 0.581. The molecule has 1 aromatic heterocycles. The van der Waals surface area contributed by atoms with Gasteiger partial charge in [0, 0.05) is 6.54 Å². The average molecular weight is 275 g/mol. The van der Waals surface area contributed by atoms with Crippen LogP contribution in [0.3, 0.4) is 0 Å². The van der Waals surface area contributed by atoms with E-state index in [0.717, 1.165) is 5.82 Å². The zero-order chi connectivity index (χ0) is 13.2. The number of aliphatic imine (C=N–C) groups is 1. The van der Waals surface area contributed by atoms with E-state index in [1.807, 2.05) is 0 Å². The van der Waals surface area contributed by atoms with Crippen LogP contribution in [0.25, 0.3) is 0 Å². The van der Waals surface area contributed by atoms with Crippen LogP contribution >= 0.6 is 7.60 Å². The van der Waals surface area contributed by atoms with E-state index in [-0.39, 0.29) is 6.61 Å². The average Bonchev–Trinajstić information content (AvgIpc) is 2.68. The Morgan fingerprint density at radius 2 is 2.39 bits per heavy atom. The van der Waals surface area contributed by atoms with Crippen LogP contribution < -0.4 is 11.1 Å². The first-order valence-electron chi connectivity index (χ1n) is 5.18. The predicted octanol–water partition coefficient (Wildman–Crippen LogP) is -0.554. The maximum Gasteiger partial charge on any atom is 0.350 e. The molecule has 1 atom stereocenters. The molecule has 1 aliphatic rings. The van der Waals surface area contributed by atoms with Gasteiger partial charge in [0.2, 0.25) is 0 Å². The van der Waals surface area contributed by atoms with Crippen molar-refractivity contribution in [3.63, 3.8) is 0 Å². The van der Waals surface area contributed by atoms with Gasteiger partial charge < -0.3 is 30.1 Å². The molecule has 10 heteroatoms. The van der Waals surface area contributed by atoms with E-state index in [4.69, 9.17) is 20.3 Å². The highest BCUT2D eigenvalue weighted by Crippen LogP contribution is 2.33. The normalized spacial score (nSPS) is 18.5. The molecular weight excluding hydrogens is 261 g/mol. The monoisotopic (exact) mass is 275 g/mol. The van der Waals surface area contributed by atoms with Gasteiger partial charge >= 0.3 is 7.60 Å². The molecule has 1 aliphatic heterocycles. The van der Waals surface area contributed by atoms with Gasteiger partial charge in [-0.05, 0) is 0 Å². The minimum absolute atomic E-state index is 0.169. The summed E-state index contributed by atoms with van der Waals surface area (Å²) in [6.07, 6.45) is 1.99. The van der Waals surface area contributed by atoms with Crippen molar-refractivity contribution in [1.82, 2.24) is 9.55 Å².